The predicted octanol–water partition coefficient (Wildman–Crippen LogP) is 5.56. The quantitative estimate of drug-likeness (QED) is 0.471. The molecule has 0 spiro atoms. The van der Waals surface area contributed by atoms with Crippen molar-refractivity contribution in [2.75, 3.05) is 13.2 Å². The molecule has 0 bridgehead atoms. The van der Waals surface area contributed by atoms with Gasteiger partial charge in [-0.25, -0.2) is 0 Å². The Kier molecular flexibility index (Phi) is 7.33. The lowest BCUT2D eigenvalue weighted by Crippen LogP contribution is -2.25. The summed E-state index contributed by atoms with van der Waals surface area (Å²) in [5, 5.41) is 2.03. The highest BCUT2D eigenvalue weighted by molar-refractivity contribution is 5.94. The number of alkyl halides is 9. The van der Waals surface area contributed by atoms with Gasteiger partial charge in [0.1, 0.15) is 12.4 Å². The van der Waals surface area contributed by atoms with Crippen LogP contribution in [0.25, 0.3) is 0 Å². The molecule has 2 aromatic carbocycles. The maximum absolute atomic E-state index is 12.8. The minimum absolute atomic E-state index is 0.109. The van der Waals surface area contributed by atoms with Crippen molar-refractivity contribution in [2.45, 2.75) is 18.5 Å². The van der Waals surface area contributed by atoms with Crippen molar-refractivity contribution in [3.05, 3.63) is 64.7 Å². The molecule has 1 N–H and O–H groups in total. The Morgan fingerprint density at radius 2 is 1.34 bits per heavy atom. The summed E-state index contributed by atoms with van der Waals surface area (Å²) in [7, 11) is 0. The van der Waals surface area contributed by atoms with E-state index < -0.39 is 53.2 Å². The minimum atomic E-state index is -5.10. The number of carbonyl (C=O) groups excluding carboxylic acids is 1. The Morgan fingerprint density at radius 3 is 1.88 bits per heavy atom. The first kappa shape index (κ1) is 24.9. The molecule has 0 fully saturated rings. The van der Waals surface area contributed by atoms with Gasteiger partial charge in [0.25, 0.3) is 5.91 Å². The topological polar surface area (TPSA) is 38.3 Å². The predicted molar refractivity (Wildman–Crippen MR) is 93.5 cm³/mol. The van der Waals surface area contributed by atoms with Gasteiger partial charge >= 0.3 is 18.5 Å². The lowest BCUT2D eigenvalue weighted by atomic mass is 10.0. The van der Waals surface area contributed by atoms with Gasteiger partial charge < -0.3 is 10.1 Å². The largest absolute Gasteiger partial charge is 0.481 e. The van der Waals surface area contributed by atoms with Crippen molar-refractivity contribution >= 4 is 5.91 Å². The first-order chi connectivity index (χ1) is 14.7. The van der Waals surface area contributed by atoms with Gasteiger partial charge in [-0.15, -0.1) is 0 Å². The number of carbonyl (C=O) groups is 1. The third kappa shape index (κ3) is 7.11. The molecule has 0 aliphatic carbocycles. The van der Waals surface area contributed by atoms with Crippen LogP contribution in [-0.2, 0) is 18.5 Å². The van der Waals surface area contributed by atoms with Gasteiger partial charge in [-0.1, -0.05) is 17.9 Å². The van der Waals surface area contributed by atoms with E-state index in [1.54, 1.807) is 0 Å². The molecule has 0 unspecified atom stereocenters. The third-order valence-electron chi connectivity index (χ3n) is 3.78. The van der Waals surface area contributed by atoms with E-state index in [1.807, 2.05) is 5.32 Å². The van der Waals surface area contributed by atoms with Crippen molar-refractivity contribution in [1.29, 1.82) is 0 Å². The van der Waals surface area contributed by atoms with Crippen molar-refractivity contribution in [3.8, 4) is 17.6 Å². The van der Waals surface area contributed by atoms with Gasteiger partial charge in [0.15, 0.2) is 0 Å². The molecule has 0 radical (unpaired) electrons. The fraction of sp³-hybridized carbons (Fsp3) is 0.250. The number of hydrogen-bond acceptors (Lipinski definition) is 2. The van der Waals surface area contributed by atoms with Crippen LogP contribution in [0.15, 0.2) is 42.5 Å². The average molecular weight is 469 g/mol. The molecule has 0 saturated heterocycles. The van der Waals surface area contributed by atoms with Gasteiger partial charge in [0.2, 0.25) is 0 Å². The molecule has 2 aromatic rings. The van der Waals surface area contributed by atoms with E-state index in [-0.39, 0.29) is 30.6 Å². The number of halogens is 9. The zero-order valence-electron chi connectivity index (χ0n) is 15.7. The number of hydrogen-bond donors (Lipinski definition) is 1. The van der Waals surface area contributed by atoms with E-state index in [0.29, 0.717) is 0 Å². The first-order valence-electron chi connectivity index (χ1n) is 8.51. The van der Waals surface area contributed by atoms with Gasteiger partial charge in [-0.05, 0) is 36.4 Å². The first-order valence-corrected chi connectivity index (χ1v) is 8.51. The van der Waals surface area contributed by atoms with Gasteiger partial charge in [0.05, 0.1) is 23.2 Å². The summed E-state index contributed by atoms with van der Waals surface area (Å²) in [5.41, 5.74) is -5.08. The normalized spacial score (nSPS) is 12.0. The van der Waals surface area contributed by atoms with Gasteiger partial charge in [-0.3, -0.25) is 4.79 Å². The van der Waals surface area contributed by atoms with Gasteiger partial charge in [-0.2, -0.15) is 39.5 Å². The second kappa shape index (κ2) is 9.42. The zero-order chi connectivity index (χ0) is 24.2. The summed E-state index contributed by atoms with van der Waals surface area (Å²) in [4.78, 5) is 11.9. The molecular weight excluding hydrogens is 457 g/mol. The van der Waals surface area contributed by atoms with Crippen molar-refractivity contribution in [3.63, 3.8) is 0 Å². The number of rotatable bonds is 4. The summed E-state index contributed by atoms with van der Waals surface area (Å²) < 4.78 is 120. The van der Waals surface area contributed by atoms with Crippen LogP contribution < -0.4 is 10.1 Å². The van der Waals surface area contributed by atoms with Crippen LogP contribution in [0.4, 0.5) is 39.5 Å². The minimum Gasteiger partial charge on any atom is -0.481 e. The van der Waals surface area contributed by atoms with Gasteiger partial charge in [0, 0.05) is 5.56 Å². The smallest absolute Gasteiger partial charge is 0.416 e. The Labute approximate surface area is 175 Å². The van der Waals surface area contributed by atoms with Crippen LogP contribution in [-0.4, -0.2) is 19.1 Å². The lowest BCUT2D eigenvalue weighted by molar-refractivity contribution is -0.143. The summed E-state index contributed by atoms with van der Waals surface area (Å²) in [6.45, 7) is -0.832. The molecule has 0 atom stereocenters. The molecule has 32 heavy (non-hydrogen) atoms. The number of nitrogens with one attached hydrogen (secondary N) is 1. The van der Waals surface area contributed by atoms with E-state index in [1.165, 1.54) is 6.07 Å². The van der Waals surface area contributed by atoms with Crippen LogP contribution in [0.3, 0.4) is 0 Å². The van der Waals surface area contributed by atoms with E-state index in [4.69, 9.17) is 4.74 Å². The summed E-state index contributed by atoms with van der Waals surface area (Å²) >= 11 is 0. The second-order valence-electron chi connectivity index (χ2n) is 6.15. The summed E-state index contributed by atoms with van der Waals surface area (Å²) in [6, 6.07) is 4.40. The van der Waals surface area contributed by atoms with E-state index >= 15 is 0 Å². The monoisotopic (exact) mass is 469 g/mol. The number of benzene rings is 2. The molecule has 2 rings (SSSR count). The molecule has 0 saturated carbocycles. The molecule has 0 aliphatic rings. The van der Waals surface area contributed by atoms with Crippen LogP contribution in [0, 0.1) is 11.8 Å². The lowest BCUT2D eigenvalue weighted by Gasteiger charge is -2.13. The standard InChI is InChI=1S/C20H12F9NO2/c21-18(22,23)13-4-3-5-16(11-13)32-7-2-1-6-30-17(31)12-8-14(19(24,25)26)10-15(9-12)20(27,28)29/h3-5,8-11H,6-7H2,(H,30,31). The molecule has 172 valence electrons. The highest BCUT2D eigenvalue weighted by Crippen LogP contribution is 2.36. The van der Waals surface area contributed by atoms with E-state index in [2.05, 4.69) is 11.8 Å². The van der Waals surface area contributed by atoms with E-state index in [0.717, 1.165) is 18.2 Å². The Balaban J connectivity index is 1.99. The second-order valence-corrected chi connectivity index (χ2v) is 6.15. The average Bonchev–Trinajstić information content (AvgIpc) is 2.68. The number of ether oxygens (including phenoxy) is 1. The van der Waals surface area contributed by atoms with Crippen LogP contribution in [0.1, 0.15) is 27.0 Å². The molecule has 0 aromatic heterocycles. The zero-order valence-corrected chi connectivity index (χ0v) is 15.7. The molecule has 0 aliphatic heterocycles. The molecule has 12 heteroatoms. The van der Waals surface area contributed by atoms with Crippen molar-refractivity contribution in [1.82, 2.24) is 5.32 Å². The molecule has 3 nitrogen and oxygen atoms in total. The van der Waals surface area contributed by atoms with Crippen LogP contribution >= 0.6 is 0 Å². The van der Waals surface area contributed by atoms with Crippen LogP contribution in [0.2, 0.25) is 0 Å². The maximum atomic E-state index is 12.8. The van der Waals surface area contributed by atoms with E-state index in [9.17, 15) is 44.3 Å². The summed E-state index contributed by atoms with van der Waals surface area (Å²) in [6.07, 6.45) is -14.8. The Hall–Kier alpha value is -3.36. The fourth-order valence-corrected chi connectivity index (χ4v) is 2.31. The highest BCUT2D eigenvalue weighted by atomic mass is 19.4. The molecule has 1 amide bonds. The fourth-order valence-electron chi connectivity index (χ4n) is 2.31. The SMILES string of the molecule is O=C(NCC#CCOc1cccc(C(F)(F)F)c1)c1cc(C(F)(F)F)cc(C(F)(F)F)c1. The van der Waals surface area contributed by atoms with Crippen molar-refractivity contribution in [2.24, 2.45) is 0 Å². The number of amides is 1. The Bertz CT molecular complexity index is 996. The maximum Gasteiger partial charge on any atom is 0.416 e. The van der Waals surface area contributed by atoms with Crippen LogP contribution in [0.5, 0.6) is 5.75 Å². The molecular formula is C20H12F9NO2. The molecule has 0 heterocycles. The van der Waals surface area contributed by atoms with Crippen molar-refractivity contribution < 1.29 is 49.0 Å². The Morgan fingerprint density at radius 1 is 0.781 bits per heavy atom. The third-order valence-corrected chi connectivity index (χ3v) is 3.78. The highest BCUT2D eigenvalue weighted by Gasteiger charge is 2.37. The summed E-state index contributed by atoms with van der Waals surface area (Å²) in [5.74, 6) is 3.31.